The number of anilines is 1. The highest BCUT2D eigenvalue weighted by molar-refractivity contribution is 7.89. The van der Waals surface area contributed by atoms with Gasteiger partial charge in [-0.05, 0) is 42.8 Å². The average Bonchev–Trinajstić information content (AvgIpc) is 3.19. The summed E-state index contributed by atoms with van der Waals surface area (Å²) in [5.74, 6) is -2.10. The van der Waals surface area contributed by atoms with Gasteiger partial charge in [0, 0.05) is 13.1 Å². The smallest absolute Gasteiger partial charge is 0.342 e. The van der Waals surface area contributed by atoms with Gasteiger partial charge < -0.3 is 14.6 Å². The molecule has 33 heavy (non-hydrogen) atoms. The number of fused-ring (bicyclic) bond motifs is 1. The van der Waals surface area contributed by atoms with Gasteiger partial charge in [0.2, 0.25) is 10.0 Å². The lowest BCUT2D eigenvalue weighted by molar-refractivity contribution is -0.119. The summed E-state index contributed by atoms with van der Waals surface area (Å²) in [6.07, 6.45) is 0. The van der Waals surface area contributed by atoms with Crippen LogP contribution in [0.4, 0.5) is 5.13 Å². The molecular formula is C21H21N3O7S2. The lowest BCUT2D eigenvalue weighted by Gasteiger charge is -2.26. The number of carbonyl (C=O) groups excluding carboxylic acids is 2. The van der Waals surface area contributed by atoms with Crippen molar-refractivity contribution in [2.24, 2.45) is 0 Å². The molecule has 0 radical (unpaired) electrons. The van der Waals surface area contributed by atoms with E-state index in [2.05, 4.69) is 10.3 Å². The molecule has 0 aliphatic carbocycles. The van der Waals surface area contributed by atoms with Crippen molar-refractivity contribution in [2.75, 3.05) is 38.2 Å². The number of aromatic nitrogens is 1. The molecule has 0 spiro atoms. The van der Waals surface area contributed by atoms with Gasteiger partial charge in [-0.25, -0.2) is 18.2 Å². The molecule has 0 saturated carbocycles. The van der Waals surface area contributed by atoms with Crippen molar-refractivity contribution in [2.45, 2.75) is 11.8 Å². The molecular weight excluding hydrogens is 470 g/mol. The van der Waals surface area contributed by atoms with Gasteiger partial charge in [0.25, 0.3) is 5.91 Å². The highest BCUT2D eigenvalue weighted by atomic mass is 32.2. The van der Waals surface area contributed by atoms with Crippen LogP contribution in [0.25, 0.3) is 10.2 Å². The molecule has 1 fully saturated rings. The monoisotopic (exact) mass is 491 g/mol. The fraction of sp³-hybridized carbons (Fsp3) is 0.286. The van der Waals surface area contributed by atoms with Crippen LogP contribution in [0.3, 0.4) is 0 Å². The number of hydrogen-bond donors (Lipinski definition) is 2. The second-order valence-electron chi connectivity index (χ2n) is 7.31. The third kappa shape index (κ3) is 5.14. The Morgan fingerprint density at radius 3 is 2.73 bits per heavy atom. The summed E-state index contributed by atoms with van der Waals surface area (Å²) in [4.78, 5) is 28.8. The minimum absolute atomic E-state index is 0.164. The van der Waals surface area contributed by atoms with Crippen LogP contribution in [-0.4, -0.2) is 67.6 Å². The van der Waals surface area contributed by atoms with Gasteiger partial charge >= 0.3 is 5.97 Å². The van der Waals surface area contributed by atoms with E-state index in [4.69, 9.17) is 9.47 Å². The number of nitrogens with one attached hydrogen (secondary N) is 1. The van der Waals surface area contributed by atoms with Crippen molar-refractivity contribution in [3.8, 4) is 5.75 Å². The number of phenolic OH excluding ortho intramolecular Hbond substituents is 1. The van der Waals surface area contributed by atoms with Crippen LogP contribution in [0, 0.1) is 6.92 Å². The van der Waals surface area contributed by atoms with Crippen LogP contribution in [0.2, 0.25) is 0 Å². The molecule has 3 aromatic rings. The van der Waals surface area contributed by atoms with E-state index in [0.29, 0.717) is 5.13 Å². The SMILES string of the molecule is Cc1ccc2nc(NC(=O)COC(=O)c3cc(S(=O)(=O)N4CCOCC4)ccc3O)sc2c1. The Balaban J connectivity index is 1.42. The maximum Gasteiger partial charge on any atom is 0.342 e. The third-order valence-corrected chi connectivity index (χ3v) is 7.75. The van der Waals surface area contributed by atoms with Gasteiger partial charge in [0.15, 0.2) is 11.7 Å². The van der Waals surface area contributed by atoms with Crippen molar-refractivity contribution >= 4 is 48.6 Å². The predicted octanol–water partition coefficient (Wildman–Crippen LogP) is 2.13. The van der Waals surface area contributed by atoms with Gasteiger partial charge in [0.05, 0.1) is 28.3 Å². The van der Waals surface area contributed by atoms with E-state index < -0.39 is 34.3 Å². The number of rotatable bonds is 6. The minimum Gasteiger partial charge on any atom is -0.507 e. The number of esters is 1. The molecule has 12 heteroatoms. The Labute approximate surface area is 193 Å². The Kier molecular flexibility index (Phi) is 6.61. The summed E-state index contributed by atoms with van der Waals surface area (Å²) in [7, 11) is -3.87. The summed E-state index contributed by atoms with van der Waals surface area (Å²) in [6, 6.07) is 9.05. The number of aromatic hydroxyl groups is 1. The van der Waals surface area contributed by atoms with Gasteiger partial charge in [-0.15, -0.1) is 0 Å². The van der Waals surface area contributed by atoms with Gasteiger partial charge in [-0.3, -0.25) is 10.1 Å². The normalized spacial score (nSPS) is 14.8. The molecule has 0 atom stereocenters. The Bertz CT molecular complexity index is 1310. The first-order valence-electron chi connectivity index (χ1n) is 9.99. The molecule has 1 amide bonds. The zero-order valence-corrected chi connectivity index (χ0v) is 19.2. The average molecular weight is 492 g/mol. The molecule has 10 nitrogen and oxygen atoms in total. The zero-order valence-electron chi connectivity index (χ0n) is 17.6. The number of carbonyl (C=O) groups is 2. The van der Waals surface area contributed by atoms with Crippen LogP contribution in [-0.2, 0) is 24.3 Å². The number of morpholine rings is 1. The Morgan fingerprint density at radius 2 is 1.97 bits per heavy atom. The van der Waals surface area contributed by atoms with Crippen molar-refractivity contribution in [3.05, 3.63) is 47.5 Å². The first-order chi connectivity index (χ1) is 15.7. The van der Waals surface area contributed by atoms with Gasteiger partial charge in [-0.1, -0.05) is 17.4 Å². The van der Waals surface area contributed by atoms with Crippen molar-refractivity contribution < 1.29 is 32.6 Å². The number of hydrogen-bond acceptors (Lipinski definition) is 9. The second kappa shape index (κ2) is 9.43. The molecule has 174 valence electrons. The van der Waals surface area contributed by atoms with Gasteiger partial charge in [0.1, 0.15) is 11.3 Å². The number of phenols is 1. The molecule has 1 saturated heterocycles. The molecule has 4 rings (SSSR count). The molecule has 0 unspecified atom stereocenters. The van der Waals surface area contributed by atoms with Crippen molar-refractivity contribution in [3.63, 3.8) is 0 Å². The molecule has 2 N–H and O–H groups in total. The van der Waals surface area contributed by atoms with Gasteiger partial charge in [-0.2, -0.15) is 4.31 Å². The molecule has 2 heterocycles. The number of ether oxygens (including phenoxy) is 2. The van der Waals surface area contributed by atoms with E-state index in [9.17, 15) is 23.1 Å². The number of sulfonamides is 1. The van der Waals surface area contributed by atoms with Crippen LogP contribution >= 0.6 is 11.3 Å². The van der Waals surface area contributed by atoms with Crippen LogP contribution in [0.15, 0.2) is 41.3 Å². The lowest BCUT2D eigenvalue weighted by Crippen LogP contribution is -2.40. The van der Waals surface area contributed by atoms with Crippen LogP contribution < -0.4 is 5.32 Å². The number of amides is 1. The van der Waals surface area contributed by atoms with E-state index in [1.807, 2.05) is 25.1 Å². The number of thiazole rings is 1. The van der Waals surface area contributed by atoms with E-state index in [1.54, 1.807) is 0 Å². The van der Waals surface area contributed by atoms with E-state index in [0.717, 1.165) is 27.9 Å². The largest absolute Gasteiger partial charge is 0.507 e. The predicted molar refractivity (Wildman–Crippen MR) is 121 cm³/mol. The minimum atomic E-state index is -3.87. The molecule has 1 aliphatic rings. The number of nitrogens with zero attached hydrogens (tertiary/aromatic N) is 2. The van der Waals surface area contributed by atoms with Crippen LogP contribution in [0.1, 0.15) is 15.9 Å². The van der Waals surface area contributed by atoms with Crippen LogP contribution in [0.5, 0.6) is 5.75 Å². The van der Waals surface area contributed by atoms with E-state index in [-0.39, 0.29) is 36.8 Å². The molecule has 1 aliphatic heterocycles. The molecule has 2 aromatic carbocycles. The highest BCUT2D eigenvalue weighted by Gasteiger charge is 2.28. The third-order valence-electron chi connectivity index (χ3n) is 4.92. The number of aryl methyl sites for hydroxylation is 1. The second-order valence-corrected chi connectivity index (χ2v) is 10.3. The Morgan fingerprint density at radius 1 is 1.21 bits per heavy atom. The van der Waals surface area contributed by atoms with Crippen molar-refractivity contribution in [1.82, 2.24) is 9.29 Å². The standard InChI is InChI=1S/C21H21N3O7S2/c1-13-2-4-16-18(10-13)32-21(22-16)23-19(26)12-31-20(27)15-11-14(3-5-17(15)25)33(28,29)24-6-8-30-9-7-24/h2-5,10-11,25H,6-9,12H2,1H3,(H,22,23,26). The summed E-state index contributed by atoms with van der Waals surface area (Å²) in [6.45, 7) is 2.25. The van der Waals surface area contributed by atoms with E-state index >= 15 is 0 Å². The zero-order chi connectivity index (χ0) is 23.6. The summed E-state index contributed by atoms with van der Waals surface area (Å²) in [5, 5.41) is 13.0. The topological polar surface area (TPSA) is 135 Å². The maximum absolute atomic E-state index is 12.8. The van der Waals surface area contributed by atoms with Crippen molar-refractivity contribution in [1.29, 1.82) is 0 Å². The first kappa shape index (κ1) is 23.1. The quantitative estimate of drug-likeness (QED) is 0.501. The Hall–Kier alpha value is -3.06. The molecule has 0 bridgehead atoms. The summed E-state index contributed by atoms with van der Waals surface area (Å²) in [5.41, 5.74) is 1.45. The highest BCUT2D eigenvalue weighted by Crippen LogP contribution is 2.27. The first-order valence-corrected chi connectivity index (χ1v) is 12.2. The molecule has 1 aromatic heterocycles. The summed E-state index contributed by atoms with van der Waals surface area (Å²) >= 11 is 1.29. The maximum atomic E-state index is 12.8. The summed E-state index contributed by atoms with van der Waals surface area (Å²) < 4.78 is 37.9. The van der Waals surface area contributed by atoms with E-state index in [1.165, 1.54) is 21.7 Å². The fourth-order valence-corrected chi connectivity index (χ4v) is 5.64. The lowest BCUT2D eigenvalue weighted by atomic mass is 10.2. The number of benzene rings is 2. The fourth-order valence-electron chi connectivity index (χ4n) is 3.22.